The molecule has 1 aliphatic rings. The van der Waals surface area contributed by atoms with Gasteiger partial charge in [-0.05, 0) is 37.1 Å². The van der Waals surface area contributed by atoms with Gasteiger partial charge < -0.3 is 4.90 Å². The van der Waals surface area contributed by atoms with E-state index in [0.717, 1.165) is 12.8 Å². The summed E-state index contributed by atoms with van der Waals surface area (Å²) < 4.78 is 0. The summed E-state index contributed by atoms with van der Waals surface area (Å²) in [6.07, 6.45) is 1.86. The Morgan fingerprint density at radius 3 is 2.32 bits per heavy atom. The van der Waals surface area contributed by atoms with Crippen molar-refractivity contribution in [3.05, 3.63) is 34.9 Å². The van der Waals surface area contributed by atoms with E-state index in [0.29, 0.717) is 23.7 Å². The summed E-state index contributed by atoms with van der Waals surface area (Å²) in [6.45, 7) is 1.26. The van der Waals surface area contributed by atoms with Crippen LogP contribution in [-0.2, 0) is 4.79 Å². The highest BCUT2D eigenvalue weighted by Gasteiger charge is 2.32. The first kappa shape index (κ1) is 13.6. The molecule has 1 heterocycles. The Labute approximate surface area is 116 Å². The van der Waals surface area contributed by atoms with Crippen LogP contribution in [0, 0.1) is 17.2 Å². The lowest BCUT2D eigenvalue weighted by Crippen LogP contribution is -2.37. The minimum atomic E-state index is -1.25. The predicted molar refractivity (Wildman–Crippen MR) is 70.7 cm³/mol. The molecule has 0 bridgehead atoms. The third-order valence-corrected chi connectivity index (χ3v) is 3.44. The number of hydrogen-bond acceptors (Lipinski definition) is 3. The molecule has 0 unspecified atom stereocenters. The fourth-order valence-electron chi connectivity index (χ4n) is 2.13. The van der Waals surface area contributed by atoms with Crippen LogP contribution in [0.5, 0.6) is 0 Å². The SMILES string of the molecule is N#C[C@H](C(=O)c1ccc(Cl)cc1)C(=O)N1CCCC1. The molecule has 5 heteroatoms. The largest absolute Gasteiger partial charge is 0.341 e. The molecule has 0 aliphatic carbocycles. The number of ketones is 1. The van der Waals surface area contributed by atoms with Crippen molar-refractivity contribution in [2.75, 3.05) is 13.1 Å². The van der Waals surface area contributed by atoms with Crippen LogP contribution in [-0.4, -0.2) is 29.7 Å². The quantitative estimate of drug-likeness (QED) is 0.628. The summed E-state index contributed by atoms with van der Waals surface area (Å²) in [5.41, 5.74) is 0.337. The first-order valence-electron chi connectivity index (χ1n) is 6.11. The second kappa shape index (κ2) is 5.85. The number of benzene rings is 1. The van der Waals surface area contributed by atoms with Crippen molar-refractivity contribution in [2.45, 2.75) is 12.8 Å². The van der Waals surface area contributed by atoms with E-state index in [1.807, 2.05) is 6.07 Å². The zero-order valence-electron chi connectivity index (χ0n) is 10.3. The van der Waals surface area contributed by atoms with Crippen molar-refractivity contribution >= 4 is 23.3 Å². The monoisotopic (exact) mass is 276 g/mol. The van der Waals surface area contributed by atoms with Crippen molar-refractivity contribution in [1.82, 2.24) is 4.90 Å². The van der Waals surface area contributed by atoms with E-state index in [9.17, 15) is 9.59 Å². The average Bonchev–Trinajstić information content (AvgIpc) is 2.94. The second-order valence-corrected chi connectivity index (χ2v) is 4.90. The van der Waals surface area contributed by atoms with Crippen LogP contribution >= 0.6 is 11.6 Å². The lowest BCUT2D eigenvalue weighted by molar-refractivity contribution is -0.131. The number of amides is 1. The molecule has 2 rings (SSSR count). The number of rotatable bonds is 3. The Balaban J connectivity index is 2.17. The summed E-state index contributed by atoms with van der Waals surface area (Å²) >= 11 is 5.74. The summed E-state index contributed by atoms with van der Waals surface area (Å²) in [4.78, 5) is 25.9. The third-order valence-electron chi connectivity index (χ3n) is 3.18. The molecule has 1 amide bonds. The van der Waals surface area contributed by atoms with Crippen LogP contribution in [0.4, 0.5) is 0 Å². The van der Waals surface area contributed by atoms with Gasteiger partial charge in [0.2, 0.25) is 5.91 Å². The standard InChI is InChI=1S/C14H13ClN2O2/c15-11-5-3-10(4-6-11)13(18)12(9-16)14(19)17-7-1-2-8-17/h3-6,12H,1-2,7-8H2/t12-/m1/s1. The lowest BCUT2D eigenvalue weighted by atomic mass is 9.97. The molecule has 0 N–H and O–H groups in total. The van der Waals surface area contributed by atoms with Crippen LogP contribution in [0.1, 0.15) is 23.2 Å². The van der Waals surface area contributed by atoms with Gasteiger partial charge in [0.25, 0.3) is 0 Å². The predicted octanol–water partition coefficient (Wildman–Crippen LogP) is 2.28. The van der Waals surface area contributed by atoms with E-state index in [4.69, 9.17) is 16.9 Å². The lowest BCUT2D eigenvalue weighted by Gasteiger charge is -2.17. The number of nitrogens with zero attached hydrogens (tertiary/aromatic N) is 2. The van der Waals surface area contributed by atoms with Crippen LogP contribution in [0.15, 0.2) is 24.3 Å². The number of nitriles is 1. The Morgan fingerprint density at radius 2 is 1.79 bits per heavy atom. The zero-order chi connectivity index (χ0) is 13.8. The third kappa shape index (κ3) is 2.94. The van der Waals surface area contributed by atoms with Crippen LogP contribution < -0.4 is 0 Å². The molecule has 4 nitrogen and oxygen atoms in total. The van der Waals surface area contributed by atoms with E-state index < -0.39 is 11.7 Å². The molecule has 1 fully saturated rings. The van der Waals surface area contributed by atoms with Crippen molar-refractivity contribution in [3.63, 3.8) is 0 Å². The molecule has 0 radical (unpaired) electrons. The number of carbonyl (C=O) groups excluding carboxylic acids is 2. The summed E-state index contributed by atoms with van der Waals surface area (Å²) in [5, 5.41) is 9.61. The first-order chi connectivity index (χ1) is 9.13. The molecule has 1 aromatic rings. The highest BCUT2D eigenvalue weighted by Crippen LogP contribution is 2.17. The summed E-state index contributed by atoms with van der Waals surface area (Å²) in [7, 11) is 0. The smallest absolute Gasteiger partial charge is 0.247 e. The highest BCUT2D eigenvalue weighted by molar-refractivity contribution is 6.30. The highest BCUT2D eigenvalue weighted by atomic mass is 35.5. The van der Waals surface area contributed by atoms with E-state index in [1.165, 1.54) is 12.1 Å². The number of likely N-dealkylation sites (tertiary alicyclic amines) is 1. The Morgan fingerprint density at radius 1 is 1.21 bits per heavy atom. The van der Waals surface area contributed by atoms with Gasteiger partial charge in [-0.2, -0.15) is 5.26 Å². The van der Waals surface area contributed by atoms with Crippen molar-refractivity contribution in [2.24, 2.45) is 5.92 Å². The van der Waals surface area contributed by atoms with E-state index in [-0.39, 0.29) is 5.91 Å². The number of hydrogen-bond donors (Lipinski definition) is 0. The van der Waals surface area contributed by atoms with Gasteiger partial charge in [0, 0.05) is 23.7 Å². The molecule has 98 valence electrons. The van der Waals surface area contributed by atoms with Gasteiger partial charge >= 0.3 is 0 Å². The maximum absolute atomic E-state index is 12.2. The van der Waals surface area contributed by atoms with Crippen molar-refractivity contribution in [1.29, 1.82) is 5.26 Å². The number of carbonyl (C=O) groups is 2. The van der Waals surface area contributed by atoms with Crippen molar-refractivity contribution < 1.29 is 9.59 Å². The van der Waals surface area contributed by atoms with Gasteiger partial charge in [0.15, 0.2) is 11.7 Å². The maximum Gasteiger partial charge on any atom is 0.247 e. The fourth-order valence-corrected chi connectivity index (χ4v) is 2.25. The molecular weight excluding hydrogens is 264 g/mol. The molecule has 1 aliphatic heterocycles. The van der Waals surface area contributed by atoms with Gasteiger partial charge in [-0.1, -0.05) is 11.6 Å². The Bertz CT molecular complexity index is 527. The van der Waals surface area contributed by atoms with Gasteiger partial charge in [0.05, 0.1) is 6.07 Å². The van der Waals surface area contributed by atoms with Crippen LogP contribution in [0.2, 0.25) is 5.02 Å². The zero-order valence-corrected chi connectivity index (χ0v) is 11.1. The topological polar surface area (TPSA) is 61.2 Å². The average molecular weight is 277 g/mol. The molecule has 1 atom stereocenters. The van der Waals surface area contributed by atoms with Crippen molar-refractivity contribution in [3.8, 4) is 6.07 Å². The molecule has 0 spiro atoms. The molecule has 0 saturated carbocycles. The maximum atomic E-state index is 12.2. The number of halogens is 1. The molecule has 19 heavy (non-hydrogen) atoms. The van der Waals surface area contributed by atoms with Gasteiger partial charge in [-0.25, -0.2) is 0 Å². The van der Waals surface area contributed by atoms with Gasteiger partial charge in [0.1, 0.15) is 0 Å². The second-order valence-electron chi connectivity index (χ2n) is 4.47. The number of Topliss-reactive ketones (excluding diaryl/α,β-unsaturated/α-hetero) is 1. The van der Waals surface area contributed by atoms with Crippen LogP contribution in [0.25, 0.3) is 0 Å². The molecule has 1 saturated heterocycles. The van der Waals surface area contributed by atoms with Gasteiger partial charge in [-0.15, -0.1) is 0 Å². The normalized spacial score (nSPS) is 15.9. The van der Waals surface area contributed by atoms with E-state index in [2.05, 4.69) is 0 Å². The minimum absolute atomic E-state index is 0.337. The molecule has 1 aromatic carbocycles. The summed E-state index contributed by atoms with van der Waals surface area (Å²) in [6, 6.07) is 8.03. The minimum Gasteiger partial charge on any atom is -0.341 e. The molecular formula is C14H13ClN2O2. The van der Waals surface area contributed by atoms with Gasteiger partial charge in [-0.3, -0.25) is 9.59 Å². The Hall–Kier alpha value is -1.86. The van der Waals surface area contributed by atoms with Crippen LogP contribution in [0.3, 0.4) is 0 Å². The fraction of sp³-hybridized carbons (Fsp3) is 0.357. The first-order valence-corrected chi connectivity index (χ1v) is 6.49. The van der Waals surface area contributed by atoms with E-state index >= 15 is 0 Å². The molecule has 0 aromatic heterocycles. The Kier molecular flexibility index (Phi) is 4.18. The summed E-state index contributed by atoms with van der Waals surface area (Å²) in [5.74, 6) is -2.10. The van der Waals surface area contributed by atoms with E-state index in [1.54, 1.807) is 17.0 Å².